The molecule has 102 valence electrons. The van der Waals surface area contributed by atoms with Gasteiger partial charge in [-0.3, -0.25) is 0 Å². The first kappa shape index (κ1) is 14.9. The van der Waals surface area contributed by atoms with Gasteiger partial charge in [-0.2, -0.15) is 0 Å². The number of rotatable bonds is 7. The van der Waals surface area contributed by atoms with Crippen molar-refractivity contribution in [3.63, 3.8) is 0 Å². The van der Waals surface area contributed by atoms with Gasteiger partial charge in [-0.1, -0.05) is 6.92 Å². The Kier molecular flexibility index (Phi) is 5.58. The van der Waals surface area contributed by atoms with Crippen molar-refractivity contribution in [2.45, 2.75) is 31.3 Å². The van der Waals surface area contributed by atoms with E-state index >= 15 is 0 Å². The lowest BCUT2D eigenvalue weighted by atomic mass is 10.3. The molecule has 0 aliphatic heterocycles. The maximum atomic E-state index is 11.8. The van der Waals surface area contributed by atoms with E-state index in [1.165, 1.54) is 19.1 Å². The highest BCUT2D eigenvalue weighted by molar-refractivity contribution is 7.89. The molecule has 0 aromatic heterocycles. The summed E-state index contributed by atoms with van der Waals surface area (Å²) in [4.78, 5) is 0.159. The van der Waals surface area contributed by atoms with Gasteiger partial charge in [0, 0.05) is 6.54 Å². The number of hydrogen-bond donors (Lipinski definition) is 2. The van der Waals surface area contributed by atoms with Crippen LogP contribution in [0, 0.1) is 0 Å². The van der Waals surface area contributed by atoms with Crippen LogP contribution in [0.5, 0.6) is 5.75 Å². The molecule has 2 N–H and O–H groups in total. The van der Waals surface area contributed by atoms with Crippen LogP contribution >= 0.6 is 0 Å². The summed E-state index contributed by atoms with van der Waals surface area (Å²) in [5.74, 6) is 0.645. The van der Waals surface area contributed by atoms with Gasteiger partial charge >= 0.3 is 0 Å². The third-order valence-corrected chi connectivity index (χ3v) is 3.62. The number of ether oxygens (including phenoxy) is 1. The average molecular weight is 273 g/mol. The Morgan fingerprint density at radius 1 is 1.33 bits per heavy atom. The van der Waals surface area contributed by atoms with E-state index in [0.29, 0.717) is 12.4 Å². The molecule has 0 saturated carbocycles. The molecular weight excluding hydrogens is 254 g/mol. The Balaban J connectivity index is 2.71. The van der Waals surface area contributed by atoms with E-state index in [4.69, 9.17) is 9.84 Å². The molecule has 6 heteroatoms. The molecule has 0 heterocycles. The fourth-order valence-electron chi connectivity index (χ4n) is 1.25. The lowest BCUT2D eigenvalue weighted by Crippen LogP contribution is -2.30. The smallest absolute Gasteiger partial charge is 0.240 e. The van der Waals surface area contributed by atoms with E-state index in [0.717, 1.165) is 6.42 Å². The third kappa shape index (κ3) is 4.64. The van der Waals surface area contributed by atoms with Gasteiger partial charge in [0.2, 0.25) is 10.0 Å². The van der Waals surface area contributed by atoms with E-state index in [9.17, 15) is 8.42 Å². The van der Waals surface area contributed by atoms with Crippen LogP contribution in [0.1, 0.15) is 20.3 Å². The van der Waals surface area contributed by atoms with Gasteiger partial charge in [-0.05, 0) is 37.6 Å². The molecule has 1 rings (SSSR count). The van der Waals surface area contributed by atoms with Gasteiger partial charge < -0.3 is 9.84 Å². The second kappa shape index (κ2) is 6.72. The van der Waals surface area contributed by atoms with Crippen LogP contribution in [-0.4, -0.2) is 32.8 Å². The monoisotopic (exact) mass is 273 g/mol. The van der Waals surface area contributed by atoms with Gasteiger partial charge in [0.05, 0.1) is 17.6 Å². The average Bonchev–Trinajstić information content (AvgIpc) is 2.34. The molecule has 0 unspecified atom stereocenters. The predicted molar refractivity (Wildman–Crippen MR) is 69.1 cm³/mol. The van der Waals surface area contributed by atoms with E-state index in [1.54, 1.807) is 12.1 Å². The number of benzene rings is 1. The van der Waals surface area contributed by atoms with Crippen LogP contribution < -0.4 is 9.46 Å². The fourth-order valence-corrected chi connectivity index (χ4v) is 2.37. The van der Waals surface area contributed by atoms with E-state index in [2.05, 4.69) is 4.72 Å². The molecular formula is C12H19NO4S. The van der Waals surface area contributed by atoms with Crippen LogP contribution in [0.2, 0.25) is 0 Å². The summed E-state index contributed by atoms with van der Waals surface area (Å²) in [6.07, 6.45) is 0.183. The van der Waals surface area contributed by atoms with Crippen molar-refractivity contribution in [2.24, 2.45) is 0 Å². The molecule has 18 heavy (non-hydrogen) atoms. The molecule has 1 aromatic carbocycles. The molecule has 0 radical (unpaired) electrons. The first-order valence-corrected chi connectivity index (χ1v) is 7.34. The quantitative estimate of drug-likeness (QED) is 0.781. The lowest BCUT2D eigenvalue weighted by Gasteiger charge is -2.09. The second-order valence-electron chi connectivity index (χ2n) is 4.02. The number of aliphatic hydroxyl groups excluding tert-OH is 1. The summed E-state index contributed by atoms with van der Waals surface area (Å²) in [5, 5.41) is 9.06. The molecule has 0 fully saturated rings. The van der Waals surface area contributed by atoms with Gasteiger partial charge in [-0.25, -0.2) is 13.1 Å². The lowest BCUT2D eigenvalue weighted by molar-refractivity contribution is 0.198. The second-order valence-corrected chi connectivity index (χ2v) is 5.79. The third-order valence-electron chi connectivity index (χ3n) is 2.18. The summed E-state index contributed by atoms with van der Waals surface area (Å²) >= 11 is 0. The first-order chi connectivity index (χ1) is 8.45. The molecule has 5 nitrogen and oxygen atoms in total. The maximum Gasteiger partial charge on any atom is 0.240 e. The van der Waals surface area contributed by atoms with Crippen molar-refractivity contribution in [2.75, 3.05) is 13.2 Å². The molecule has 0 amide bonds. The van der Waals surface area contributed by atoms with Crippen LogP contribution in [0.4, 0.5) is 0 Å². The van der Waals surface area contributed by atoms with Crippen LogP contribution in [-0.2, 0) is 10.0 Å². The number of nitrogens with one attached hydrogen (secondary N) is 1. The molecule has 0 saturated heterocycles. The van der Waals surface area contributed by atoms with Crippen LogP contribution in [0.25, 0.3) is 0 Å². The minimum Gasteiger partial charge on any atom is -0.494 e. The Morgan fingerprint density at radius 2 is 1.94 bits per heavy atom. The van der Waals surface area contributed by atoms with Crippen LogP contribution in [0.15, 0.2) is 29.2 Å². The highest BCUT2D eigenvalue weighted by Crippen LogP contribution is 2.15. The summed E-state index contributed by atoms with van der Waals surface area (Å²) < 4.78 is 31.3. The van der Waals surface area contributed by atoms with E-state index in [1.807, 2.05) is 6.92 Å². The van der Waals surface area contributed by atoms with Crippen molar-refractivity contribution >= 4 is 10.0 Å². The van der Waals surface area contributed by atoms with Crippen molar-refractivity contribution in [3.05, 3.63) is 24.3 Å². The van der Waals surface area contributed by atoms with Crippen molar-refractivity contribution < 1.29 is 18.3 Å². The van der Waals surface area contributed by atoms with Crippen molar-refractivity contribution in [1.82, 2.24) is 4.72 Å². The molecule has 0 aliphatic carbocycles. The summed E-state index contributed by atoms with van der Waals surface area (Å²) in [5.41, 5.74) is 0. The molecule has 0 bridgehead atoms. The standard InChI is InChI=1S/C12H19NO4S/c1-3-8-17-11-4-6-12(7-5-11)18(15,16)13-9-10(2)14/h4-7,10,13-14H,3,8-9H2,1-2H3/t10-/m1/s1. The normalized spacial score (nSPS) is 13.3. The van der Waals surface area contributed by atoms with Gasteiger partial charge in [0.25, 0.3) is 0 Å². The van der Waals surface area contributed by atoms with Gasteiger partial charge in [0.1, 0.15) is 5.75 Å². The number of hydrogen-bond acceptors (Lipinski definition) is 4. The topological polar surface area (TPSA) is 75.6 Å². The zero-order valence-electron chi connectivity index (χ0n) is 10.6. The van der Waals surface area contributed by atoms with Gasteiger partial charge in [0.15, 0.2) is 0 Å². The Labute approximate surface area is 108 Å². The zero-order valence-corrected chi connectivity index (χ0v) is 11.4. The SMILES string of the molecule is CCCOc1ccc(S(=O)(=O)NC[C@@H](C)O)cc1. The fraction of sp³-hybridized carbons (Fsp3) is 0.500. The zero-order chi connectivity index (χ0) is 13.6. The number of sulfonamides is 1. The highest BCUT2D eigenvalue weighted by Gasteiger charge is 2.14. The van der Waals surface area contributed by atoms with E-state index in [-0.39, 0.29) is 11.4 Å². The maximum absolute atomic E-state index is 11.8. The highest BCUT2D eigenvalue weighted by atomic mass is 32.2. The molecule has 0 aliphatic rings. The number of aliphatic hydroxyl groups is 1. The van der Waals surface area contributed by atoms with Crippen LogP contribution in [0.3, 0.4) is 0 Å². The Morgan fingerprint density at radius 3 is 2.44 bits per heavy atom. The van der Waals surface area contributed by atoms with Crippen molar-refractivity contribution in [3.8, 4) is 5.75 Å². The first-order valence-electron chi connectivity index (χ1n) is 5.86. The van der Waals surface area contributed by atoms with Gasteiger partial charge in [-0.15, -0.1) is 0 Å². The predicted octanol–water partition coefficient (Wildman–Crippen LogP) is 1.13. The molecule has 0 spiro atoms. The van der Waals surface area contributed by atoms with E-state index < -0.39 is 16.1 Å². The summed E-state index contributed by atoms with van der Waals surface area (Å²) in [7, 11) is -3.56. The summed E-state index contributed by atoms with van der Waals surface area (Å²) in [6, 6.07) is 6.20. The summed E-state index contributed by atoms with van der Waals surface area (Å²) in [6.45, 7) is 4.12. The van der Waals surface area contributed by atoms with Crippen molar-refractivity contribution in [1.29, 1.82) is 0 Å². The minimum atomic E-state index is -3.56. The Hall–Kier alpha value is -1.11. The Bertz CT molecular complexity index is 453. The molecule has 1 aromatic rings. The minimum absolute atomic E-state index is 0.00355. The molecule has 1 atom stereocenters. The largest absolute Gasteiger partial charge is 0.494 e.